The van der Waals surface area contributed by atoms with E-state index in [9.17, 15) is 9.18 Å². The molecule has 0 saturated heterocycles. The molecule has 1 aromatic carbocycles. The maximum atomic E-state index is 14.0. The molecule has 5 nitrogen and oxygen atoms in total. The minimum absolute atomic E-state index is 0.0523. The van der Waals surface area contributed by atoms with Crippen LogP contribution >= 0.6 is 11.6 Å². The lowest BCUT2D eigenvalue weighted by atomic mass is 10.0. The Kier molecular flexibility index (Phi) is 4.42. The Morgan fingerprint density at radius 2 is 2.08 bits per heavy atom. The van der Waals surface area contributed by atoms with Crippen LogP contribution in [0.2, 0.25) is 5.02 Å². The Labute approximate surface area is 154 Å². The molecule has 0 atom stereocenters. The highest BCUT2D eigenvalue weighted by atomic mass is 35.5. The number of carbonyl (C=O) groups is 1. The average molecular weight is 371 g/mol. The van der Waals surface area contributed by atoms with Crippen LogP contribution in [0.5, 0.6) is 0 Å². The van der Waals surface area contributed by atoms with Crippen molar-refractivity contribution in [2.24, 2.45) is 0 Å². The first-order valence-corrected chi connectivity index (χ1v) is 8.68. The molecule has 1 aliphatic heterocycles. The maximum Gasteiger partial charge on any atom is 0.227 e. The highest BCUT2D eigenvalue weighted by molar-refractivity contribution is 6.31. The van der Waals surface area contributed by atoms with Gasteiger partial charge in [0, 0.05) is 59.3 Å². The molecular formula is C19H16ClFN4O. The zero-order valence-corrected chi connectivity index (χ0v) is 14.6. The van der Waals surface area contributed by atoms with E-state index >= 15 is 0 Å². The summed E-state index contributed by atoms with van der Waals surface area (Å²) in [6, 6.07) is 8.22. The minimum Gasteiger partial charge on any atom is -0.338 e. The molecule has 1 amide bonds. The fourth-order valence-electron chi connectivity index (χ4n) is 3.22. The topological polar surface area (TPSA) is 61.9 Å². The van der Waals surface area contributed by atoms with Crippen molar-refractivity contribution in [1.82, 2.24) is 20.1 Å². The molecule has 26 heavy (non-hydrogen) atoms. The first-order chi connectivity index (χ1) is 12.6. The molecule has 132 valence electrons. The third-order valence-electron chi connectivity index (χ3n) is 4.63. The Bertz CT molecular complexity index is 937. The average Bonchev–Trinajstić information content (AvgIpc) is 3.08. The number of H-pyrrole nitrogens is 1. The van der Waals surface area contributed by atoms with Crippen LogP contribution in [0.3, 0.4) is 0 Å². The number of halogens is 2. The summed E-state index contributed by atoms with van der Waals surface area (Å²) in [5, 5.41) is 7.74. The molecule has 1 N–H and O–H groups in total. The molecule has 4 rings (SSSR count). The minimum atomic E-state index is -0.454. The quantitative estimate of drug-likeness (QED) is 0.768. The van der Waals surface area contributed by atoms with Gasteiger partial charge in [0.1, 0.15) is 5.82 Å². The van der Waals surface area contributed by atoms with E-state index in [2.05, 4.69) is 15.2 Å². The molecule has 0 unspecified atom stereocenters. The van der Waals surface area contributed by atoms with E-state index in [4.69, 9.17) is 11.6 Å². The van der Waals surface area contributed by atoms with Gasteiger partial charge in [0.25, 0.3) is 0 Å². The van der Waals surface area contributed by atoms with Crippen LogP contribution in [0.4, 0.5) is 4.39 Å². The van der Waals surface area contributed by atoms with Crippen LogP contribution < -0.4 is 0 Å². The molecule has 3 aromatic rings. The second kappa shape index (κ2) is 6.88. The number of nitrogens with one attached hydrogen (secondary N) is 1. The number of nitrogens with zero attached hydrogens (tertiary/aromatic N) is 3. The lowest BCUT2D eigenvalue weighted by Gasteiger charge is -2.27. The Morgan fingerprint density at radius 1 is 1.27 bits per heavy atom. The van der Waals surface area contributed by atoms with Gasteiger partial charge in [0.2, 0.25) is 5.91 Å². The Hall–Kier alpha value is -2.73. The number of amides is 1. The van der Waals surface area contributed by atoms with Crippen LogP contribution in [0.1, 0.15) is 16.8 Å². The summed E-state index contributed by atoms with van der Waals surface area (Å²) in [6.07, 6.45) is 4.05. The first kappa shape index (κ1) is 16.7. The molecule has 7 heteroatoms. The van der Waals surface area contributed by atoms with Crippen molar-refractivity contribution < 1.29 is 9.18 Å². The maximum absolute atomic E-state index is 14.0. The largest absolute Gasteiger partial charge is 0.338 e. The molecule has 0 fully saturated rings. The van der Waals surface area contributed by atoms with Gasteiger partial charge in [-0.2, -0.15) is 5.10 Å². The number of benzene rings is 1. The van der Waals surface area contributed by atoms with Gasteiger partial charge in [-0.3, -0.25) is 14.9 Å². The monoisotopic (exact) mass is 370 g/mol. The summed E-state index contributed by atoms with van der Waals surface area (Å²) in [5.41, 5.74) is 4.04. The summed E-state index contributed by atoms with van der Waals surface area (Å²) < 4.78 is 14.0. The van der Waals surface area contributed by atoms with Crippen molar-refractivity contribution in [2.45, 2.75) is 19.4 Å². The SMILES string of the molecule is O=C(Cc1c(F)cccc1Cl)N1CCc2[nH]nc(-c3ccncc3)c2C1. The second-order valence-electron chi connectivity index (χ2n) is 6.21. The van der Waals surface area contributed by atoms with Gasteiger partial charge in [-0.05, 0) is 24.3 Å². The van der Waals surface area contributed by atoms with Crippen molar-refractivity contribution >= 4 is 17.5 Å². The van der Waals surface area contributed by atoms with Crippen LogP contribution in [-0.4, -0.2) is 32.5 Å². The van der Waals surface area contributed by atoms with Gasteiger partial charge in [-0.15, -0.1) is 0 Å². The van der Waals surface area contributed by atoms with Gasteiger partial charge in [-0.25, -0.2) is 4.39 Å². The van der Waals surface area contributed by atoms with E-state index in [0.29, 0.717) is 19.5 Å². The number of fused-ring (bicyclic) bond motifs is 1. The Balaban J connectivity index is 1.57. The Morgan fingerprint density at radius 3 is 2.85 bits per heavy atom. The zero-order chi connectivity index (χ0) is 18.1. The zero-order valence-electron chi connectivity index (χ0n) is 13.9. The lowest BCUT2D eigenvalue weighted by molar-refractivity contribution is -0.131. The molecular weight excluding hydrogens is 355 g/mol. The number of aromatic amines is 1. The lowest BCUT2D eigenvalue weighted by Crippen LogP contribution is -2.37. The standard InChI is InChI=1S/C19H16ClFN4O/c20-15-2-1-3-16(21)13(15)10-18(26)25-9-6-17-14(11-25)19(24-23-17)12-4-7-22-8-5-12/h1-5,7-8H,6,9-11H2,(H,23,24). The molecule has 0 aliphatic carbocycles. The summed E-state index contributed by atoms with van der Waals surface area (Å²) in [5.74, 6) is -0.603. The van der Waals surface area contributed by atoms with Crippen LogP contribution in [0, 0.1) is 5.82 Å². The second-order valence-corrected chi connectivity index (χ2v) is 6.61. The number of carbonyl (C=O) groups excluding carboxylic acids is 1. The van der Waals surface area contributed by atoms with Crippen LogP contribution in [0.25, 0.3) is 11.3 Å². The fourth-order valence-corrected chi connectivity index (χ4v) is 3.45. The number of hydrogen-bond donors (Lipinski definition) is 1. The van der Waals surface area contributed by atoms with Crippen molar-refractivity contribution in [3.8, 4) is 11.3 Å². The third-order valence-corrected chi connectivity index (χ3v) is 4.98. The van der Waals surface area contributed by atoms with Gasteiger partial charge >= 0.3 is 0 Å². The van der Waals surface area contributed by atoms with E-state index in [1.54, 1.807) is 23.4 Å². The number of pyridine rings is 1. The van der Waals surface area contributed by atoms with Crippen LogP contribution in [0.15, 0.2) is 42.7 Å². The predicted molar refractivity (Wildman–Crippen MR) is 96.1 cm³/mol. The van der Waals surface area contributed by atoms with E-state index in [1.165, 1.54) is 12.1 Å². The molecule has 2 aromatic heterocycles. The number of hydrogen-bond acceptors (Lipinski definition) is 3. The summed E-state index contributed by atoms with van der Waals surface area (Å²) >= 11 is 6.05. The van der Waals surface area contributed by atoms with Crippen molar-refractivity contribution in [2.75, 3.05) is 6.54 Å². The fraction of sp³-hybridized carbons (Fsp3) is 0.211. The van der Waals surface area contributed by atoms with Crippen molar-refractivity contribution in [1.29, 1.82) is 0 Å². The van der Waals surface area contributed by atoms with E-state index in [1.807, 2.05) is 12.1 Å². The molecule has 0 radical (unpaired) electrons. The van der Waals surface area contributed by atoms with Crippen LogP contribution in [-0.2, 0) is 24.2 Å². The van der Waals surface area contributed by atoms with Gasteiger partial charge < -0.3 is 4.90 Å². The van der Waals surface area contributed by atoms with Gasteiger partial charge in [0.15, 0.2) is 0 Å². The number of aromatic nitrogens is 3. The molecule has 0 spiro atoms. The highest BCUT2D eigenvalue weighted by Gasteiger charge is 2.26. The predicted octanol–water partition coefficient (Wildman–Crippen LogP) is 3.39. The normalized spacial score (nSPS) is 13.5. The number of rotatable bonds is 3. The summed E-state index contributed by atoms with van der Waals surface area (Å²) in [6.45, 7) is 1.00. The highest BCUT2D eigenvalue weighted by Crippen LogP contribution is 2.29. The summed E-state index contributed by atoms with van der Waals surface area (Å²) in [4.78, 5) is 18.5. The smallest absolute Gasteiger partial charge is 0.227 e. The third kappa shape index (κ3) is 3.08. The molecule has 3 heterocycles. The van der Waals surface area contributed by atoms with E-state index in [0.717, 1.165) is 22.5 Å². The first-order valence-electron chi connectivity index (χ1n) is 8.30. The van der Waals surface area contributed by atoms with Gasteiger partial charge in [0.05, 0.1) is 12.1 Å². The van der Waals surface area contributed by atoms with Crippen molar-refractivity contribution in [3.05, 3.63) is 70.4 Å². The molecule has 1 aliphatic rings. The molecule has 0 bridgehead atoms. The van der Waals surface area contributed by atoms with E-state index in [-0.39, 0.29) is 22.9 Å². The summed E-state index contributed by atoms with van der Waals surface area (Å²) in [7, 11) is 0. The van der Waals surface area contributed by atoms with Crippen molar-refractivity contribution in [3.63, 3.8) is 0 Å². The van der Waals surface area contributed by atoms with Gasteiger partial charge in [-0.1, -0.05) is 17.7 Å². The van der Waals surface area contributed by atoms with E-state index < -0.39 is 5.82 Å². The molecule has 0 saturated carbocycles.